The average Bonchev–Trinajstić information content (AvgIpc) is 3.09. The summed E-state index contributed by atoms with van der Waals surface area (Å²) in [5.41, 5.74) is 0.157. The van der Waals surface area contributed by atoms with Gasteiger partial charge < -0.3 is 9.84 Å². The van der Waals surface area contributed by atoms with Crippen molar-refractivity contribution < 1.29 is 14.6 Å². The number of halogens is 1. The minimum Gasteiger partial charge on any atom is -0.493 e. The van der Waals surface area contributed by atoms with Crippen LogP contribution in [0.5, 0.6) is 5.75 Å². The summed E-state index contributed by atoms with van der Waals surface area (Å²) in [6.07, 6.45) is 5.91. The first-order chi connectivity index (χ1) is 9.60. The Bertz CT molecular complexity index is 516. The van der Waals surface area contributed by atoms with Crippen molar-refractivity contribution >= 4 is 21.9 Å². The molecule has 20 heavy (non-hydrogen) atoms. The molecule has 1 N–H and O–H groups in total. The number of rotatable bonds is 5. The highest BCUT2D eigenvalue weighted by atomic mass is 79.9. The van der Waals surface area contributed by atoms with E-state index in [0.717, 1.165) is 48.1 Å². The molecule has 0 heterocycles. The maximum atomic E-state index is 11.8. The number of benzene rings is 1. The van der Waals surface area contributed by atoms with Gasteiger partial charge in [0, 0.05) is 4.47 Å². The molecule has 2 aliphatic carbocycles. The van der Waals surface area contributed by atoms with Gasteiger partial charge in [0.2, 0.25) is 0 Å². The summed E-state index contributed by atoms with van der Waals surface area (Å²) >= 11 is 3.48. The highest BCUT2D eigenvalue weighted by Crippen LogP contribution is 2.43. The molecular weight excluding hydrogens is 320 g/mol. The smallest absolute Gasteiger partial charge is 0.314 e. The zero-order valence-electron chi connectivity index (χ0n) is 11.4. The molecule has 0 amide bonds. The molecule has 0 bridgehead atoms. The first kappa shape index (κ1) is 13.9. The molecule has 0 aliphatic heterocycles. The van der Waals surface area contributed by atoms with Gasteiger partial charge in [-0.15, -0.1) is 0 Å². The van der Waals surface area contributed by atoms with Crippen molar-refractivity contribution in [3.63, 3.8) is 0 Å². The summed E-state index contributed by atoms with van der Waals surface area (Å²) in [4.78, 5) is 11.8. The molecule has 3 rings (SSSR count). The molecule has 0 aromatic heterocycles. The number of carboxylic acid groups (broad SMARTS) is 1. The van der Waals surface area contributed by atoms with Gasteiger partial charge in [0.25, 0.3) is 0 Å². The molecule has 4 heteroatoms. The van der Waals surface area contributed by atoms with E-state index in [4.69, 9.17) is 4.74 Å². The van der Waals surface area contributed by atoms with Gasteiger partial charge in [-0.2, -0.15) is 0 Å². The summed E-state index contributed by atoms with van der Waals surface area (Å²) in [6.45, 7) is 0.746. The van der Waals surface area contributed by atoms with E-state index >= 15 is 0 Å². The van der Waals surface area contributed by atoms with Crippen LogP contribution in [0.3, 0.4) is 0 Å². The van der Waals surface area contributed by atoms with Gasteiger partial charge in [-0.05, 0) is 55.4 Å². The first-order valence-corrected chi connectivity index (χ1v) is 8.07. The molecule has 2 fully saturated rings. The molecule has 0 unspecified atom stereocenters. The molecule has 0 atom stereocenters. The Morgan fingerprint density at radius 3 is 2.60 bits per heavy atom. The summed E-state index contributed by atoms with van der Waals surface area (Å²) in [6, 6.07) is 5.78. The zero-order valence-corrected chi connectivity index (χ0v) is 13.0. The van der Waals surface area contributed by atoms with Gasteiger partial charge in [0.15, 0.2) is 0 Å². The van der Waals surface area contributed by atoms with Crippen LogP contribution in [-0.4, -0.2) is 17.7 Å². The van der Waals surface area contributed by atoms with Gasteiger partial charge >= 0.3 is 5.97 Å². The Hall–Kier alpha value is -1.03. The zero-order chi connectivity index (χ0) is 14.2. The van der Waals surface area contributed by atoms with Crippen molar-refractivity contribution in [2.45, 2.75) is 43.9 Å². The molecule has 1 aromatic carbocycles. The summed E-state index contributed by atoms with van der Waals surface area (Å²) in [7, 11) is 0. The van der Waals surface area contributed by atoms with E-state index in [-0.39, 0.29) is 0 Å². The minimum absolute atomic E-state index is 0.692. The lowest BCUT2D eigenvalue weighted by molar-refractivity contribution is -0.143. The Morgan fingerprint density at radius 2 is 2.00 bits per heavy atom. The van der Waals surface area contributed by atoms with Gasteiger partial charge in [0.1, 0.15) is 5.75 Å². The number of carbonyl (C=O) groups is 1. The molecule has 0 spiro atoms. The van der Waals surface area contributed by atoms with E-state index in [0.29, 0.717) is 5.92 Å². The number of hydrogen-bond acceptors (Lipinski definition) is 2. The number of carboxylic acids is 1. The predicted octanol–water partition coefficient (Wildman–Crippen LogP) is 4.13. The summed E-state index contributed by atoms with van der Waals surface area (Å²) in [5.74, 6) is 0.771. The van der Waals surface area contributed by atoms with Gasteiger partial charge in [-0.1, -0.05) is 28.8 Å². The van der Waals surface area contributed by atoms with E-state index in [2.05, 4.69) is 15.9 Å². The lowest BCUT2D eigenvalue weighted by Crippen LogP contribution is -2.32. The van der Waals surface area contributed by atoms with E-state index in [1.807, 2.05) is 18.2 Å². The van der Waals surface area contributed by atoms with Crippen LogP contribution >= 0.6 is 15.9 Å². The third kappa shape index (κ3) is 2.71. The Labute approximate surface area is 127 Å². The van der Waals surface area contributed by atoms with E-state index < -0.39 is 11.4 Å². The van der Waals surface area contributed by atoms with Gasteiger partial charge in [-0.25, -0.2) is 0 Å². The van der Waals surface area contributed by atoms with Crippen LogP contribution in [0, 0.1) is 5.92 Å². The molecule has 108 valence electrons. The van der Waals surface area contributed by atoms with Crippen molar-refractivity contribution in [1.82, 2.24) is 0 Å². The molecule has 0 saturated heterocycles. The van der Waals surface area contributed by atoms with Crippen molar-refractivity contribution in [3.8, 4) is 5.75 Å². The quantitative estimate of drug-likeness (QED) is 0.877. The second kappa shape index (κ2) is 5.40. The minimum atomic E-state index is -0.721. The van der Waals surface area contributed by atoms with Gasteiger partial charge in [-0.3, -0.25) is 4.79 Å². The second-order valence-corrected chi connectivity index (χ2v) is 6.94. The Kier molecular flexibility index (Phi) is 3.76. The fraction of sp³-hybridized carbons (Fsp3) is 0.562. The maximum Gasteiger partial charge on any atom is 0.314 e. The third-order valence-corrected chi connectivity index (χ3v) is 4.93. The van der Waals surface area contributed by atoms with Crippen LogP contribution in [0.4, 0.5) is 0 Å². The maximum absolute atomic E-state index is 11.8. The second-order valence-electron chi connectivity index (χ2n) is 6.02. The SMILES string of the molecule is O=C(O)C1(c2cc(Br)cc(OCC3CC3)c2)CCCC1. The fourth-order valence-electron chi connectivity index (χ4n) is 3.03. The summed E-state index contributed by atoms with van der Waals surface area (Å²) in [5, 5.41) is 9.67. The van der Waals surface area contributed by atoms with Crippen molar-refractivity contribution in [1.29, 1.82) is 0 Å². The molecule has 1 aromatic rings. The van der Waals surface area contributed by atoms with E-state index in [1.54, 1.807) is 0 Å². The normalized spacial score (nSPS) is 20.9. The standard InChI is InChI=1S/C16H19BrO3/c17-13-7-12(16(15(18)19)5-1-2-6-16)8-14(9-13)20-10-11-3-4-11/h7-9,11H,1-6,10H2,(H,18,19). The van der Waals surface area contributed by atoms with Crippen LogP contribution in [0.2, 0.25) is 0 Å². The van der Waals surface area contributed by atoms with Crippen LogP contribution in [0.1, 0.15) is 44.1 Å². The number of aliphatic carboxylic acids is 1. The first-order valence-electron chi connectivity index (χ1n) is 7.27. The lowest BCUT2D eigenvalue weighted by atomic mass is 9.79. The van der Waals surface area contributed by atoms with E-state index in [9.17, 15) is 9.90 Å². The average molecular weight is 339 g/mol. The summed E-state index contributed by atoms with van der Waals surface area (Å²) < 4.78 is 6.71. The predicted molar refractivity (Wildman–Crippen MR) is 80.1 cm³/mol. The van der Waals surface area contributed by atoms with Crippen LogP contribution < -0.4 is 4.74 Å². The molecular formula is C16H19BrO3. The van der Waals surface area contributed by atoms with Crippen molar-refractivity contribution in [3.05, 3.63) is 28.2 Å². The lowest BCUT2D eigenvalue weighted by Gasteiger charge is -2.25. The van der Waals surface area contributed by atoms with Gasteiger partial charge in [0.05, 0.1) is 12.0 Å². The topological polar surface area (TPSA) is 46.5 Å². The fourth-order valence-corrected chi connectivity index (χ4v) is 3.50. The monoisotopic (exact) mass is 338 g/mol. The van der Waals surface area contributed by atoms with Crippen molar-refractivity contribution in [2.75, 3.05) is 6.61 Å². The highest BCUT2D eigenvalue weighted by molar-refractivity contribution is 9.10. The Morgan fingerprint density at radius 1 is 1.30 bits per heavy atom. The van der Waals surface area contributed by atoms with Crippen LogP contribution in [-0.2, 0) is 10.2 Å². The molecule has 0 radical (unpaired) electrons. The van der Waals surface area contributed by atoms with E-state index in [1.165, 1.54) is 12.8 Å². The highest BCUT2D eigenvalue weighted by Gasteiger charge is 2.43. The van der Waals surface area contributed by atoms with Crippen LogP contribution in [0.15, 0.2) is 22.7 Å². The number of ether oxygens (including phenoxy) is 1. The number of hydrogen-bond donors (Lipinski definition) is 1. The molecule has 2 saturated carbocycles. The van der Waals surface area contributed by atoms with Crippen LogP contribution in [0.25, 0.3) is 0 Å². The molecule has 3 nitrogen and oxygen atoms in total. The largest absolute Gasteiger partial charge is 0.493 e. The van der Waals surface area contributed by atoms with Crippen molar-refractivity contribution in [2.24, 2.45) is 5.92 Å². The third-order valence-electron chi connectivity index (χ3n) is 4.47. The molecule has 2 aliphatic rings. The Balaban J connectivity index is 1.88.